The van der Waals surface area contributed by atoms with Crippen molar-refractivity contribution in [2.24, 2.45) is 5.92 Å². The lowest BCUT2D eigenvalue weighted by molar-refractivity contribution is -0.123. The van der Waals surface area contributed by atoms with E-state index in [1.165, 1.54) is 0 Å². The van der Waals surface area contributed by atoms with Crippen LogP contribution < -0.4 is 15.4 Å². The molecule has 0 saturated heterocycles. The first-order chi connectivity index (χ1) is 12.3. The molecule has 0 saturated carbocycles. The van der Waals surface area contributed by atoms with Crippen molar-refractivity contribution in [1.29, 1.82) is 0 Å². The molecule has 26 heavy (non-hydrogen) atoms. The zero-order valence-corrected chi connectivity index (χ0v) is 16.0. The lowest BCUT2D eigenvalue weighted by Crippen LogP contribution is -2.28. The summed E-state index contributed by atoms with van der Waals surface area (Å²) in [6, 6.07) is 12.1. The predicted molar refractivity (Wildman–Crippen MR) is 104 cm³/mol. The van der Waals surface area contributed by atoms with Crippen molar-refractivity contribution in [3.63, 3.8) is 0 Å². The van der Waals surface area contributed by atoms with Crippen molar-refractivity contribution in [2.75, 3.05) is 11.9 Å². The SMILES string of the molecule is CC(C)C(=O)Nc1ccc(CNC(=O)COc2cc(Cl)ccc2Cl)cc1. The van der Waals surface area contributed by atoms with Crippen molar-refractivity contribution in [2.45, 2.75) is 20.4 Å². The average molecular weight is 395 g/mol. The Balaban J connectivity index is 1.80. The lowest BCUT2D eigenvalue weighted by Gasteiger charge is -2.10. The van der Waals surface area contributed by atoms with Crippen LogP contribution in [0.2, 0.25) is 10.0 Å². The summed E-state index contributed by atoms with van der Waals surface area (Å²) in [6.45, 7) is 3.85. The van der Waals surface area contributed by atoms with Crippen molar-refractivity contribution in [3.8, 4) is 5.75 Å². The van der Waals surface area contributed by atoms with Gasteiger partial charge >= 0.3 is 0 Å². The number of carbonyl (C=O) groups is 2. The molecule has 0 spiro atoms. The number of hydrogen-bond acceptors (Lipinski definition) is 3. The molecule has 0 aliphatic rings. The fourth-order valence-electron chi connectivity index (χ4n) is 1.98. The number of nitrogens with one attached hydrogen (secondary N) is 2. The molecule has 2 aromatic rings. The normalized spacial score (nSPS) is 10.5. The van der Waals surface area contributed by atoms with Gasteiger partial charge in [0.15, 0.2) is 6.61 Å². The Bertz CT molecular complexity index is 777. The molecule has 0 unspecified atom stereocenters. The maximum absolute atomic E-state index is 11.9. The molecule has 0 aliphatic heterocycles. The second-order valence-corrected chi connectivity index (χ2v) is 6.82. The zero-order chi connectivity index (χ0) is 19.1. The van der Waals surface area contributed by atoms with Crippen molar-refractivity contribution in [1.82, 2.24) is 5.32 Å². The van der Waals surface area contributed by atoms with E-state index in [9.17, 15) is 9.59 Å². The van der Waals surface area contributed by atoms with Crippen LogP contribution in [0, 0.1) is 5.92 Å². The molecule has 0 fully saturated rings. The summed E-state index contributed by atoms with van der Waals surface area (Å²) in [7, 11) is 0. The Morgan fingerprint density at radius 2 is 1.77 bits per heavy atom. The number of ether oxygens (including phenoxy) is 1. The number of halogens is 2. The highest BCUT2D eigenvalue weighted by molar-refractivity contribution is 6.34. The number of benzene rings is 2. The Morgan fingerprint density at radius 1 is 1.08 bits per heavy atom. The molecular formula is C19H20Cl2N2O3. The fraction of sp³-hybridized carbons (Fsp3) is 0.263. The summed E-state index contributed by atoms with van der Waals surface area (Å²) in [4.78, 5) is 23.6. The Morgan fingerprint density at radius 3 is 2.42 bits per heavy atom. The smallest absolute Gasteiger partial charge is 0.258 e. The first-order valence-electron chi connectivity index (χ1n) is 8.09. The van der Waals surface area contributed by atoms with E-state index in [0.29, 0.717) is 22.3 Å². The molecule has 2 rings (SSSR count). The van der Waals surface area contributed by atoms with Crippen LogP contribution in [0.1, 0.15) is 19.4 Å². The number of anilines is 1. The number of carbonyl (C=O) groups excluding carboxylic acids is 2. The fourth-order valence-corrected chi connectivity index (χ4v) is 2.31. The van der Waals surface area contributed by atoms with Gasteiger partial charge in [0.1, 0.15) is 5.75 Å². The summed E-state index contributed by atoms with van der Waals surface area (Å²) in [5.41, 5.74) is 1.62. The maximum Gasteiger partial charge on any atom is 0.258 e. The van der Waals surface area contributed by atoms with Gasteiger partial charge in [-0.05, 0) is 29.8 Å². The zero-order valence-electron chi connectivity index (χ0n) is 14.5. The van der Waals surface area contributed by atoms with Gasteiger partial charge in [0.25, 0.3) is 5.91 Å². The monoisotopic (exact) mass is 394 g/mol. The summed E-state index contributed by atoms with van der Waals surface area (Å²) in [5.74, 6) is -0.0392. The van der Waals surface area contributed by atoms with Gasteiger partial charge in [-0.25, -0.2) is 0 Å². The third-order valence-electron chi connectivity index (χ3n) is 3.49. The number of amides is 2. The van der Waals surface area contributed by atoms with Crippen molar-refractivity contribution in [3.05, 3.63) is 58.1 Å². The molecule has 2 N–H and O–H groups in total. The molecule has 0 heterocycles. The highest BCUT2D eigenvalue weighted by Gasteiger charge is 2.08. The van der Waals surface area contributed by atoms with Crippen LogP contribution in [0.15, 0.2) is 42.5 Å². The van der Waals surface area contributed by atoms with Gasteiger partial charge in [0.2, 0.25) is 5.91 Å². The number of rotatable bonds is 7. The summed E-state index contributed by atoms with van der Waals surface area (Å²) in [5, 5.41) is 6.44. The number of hydrogen-bond donors (Lipinski definition) is 2. The van der Waals surface area contributed by atoms with E-state index in [2.05, 4.69) is 10.6 Å². The molecule has 7 heteroatoms. The minimum atomic E-state index is -0.279. The standard InChI is InChI=1S/C19H20Cl2N2O3/c1-12(2)19(25)23-15-6-3-13(4-7-15)10-22-18(24)11-26-17-9-14(20)5-8-16(17)21/h3-9,12H,10-11H2,1-2H3,(H,22,24)(H,23,25). The van der Waals surface area contributed by atoms with E-state index in [1.54, 1.807) is 30.3 Å². The molecule has 2 aromatic carbocycles. The minimum Gasteiger partial charge on any atom is -0.482 e. The quantitative estimate of drug-likeness (QED) is 0.735. The minimum absolute atomic E-state index is 0.0390. The molecule has 0 radical (unpaired) electrons. The van der Waals surface area contributed by atoms with E-state index in [1.807, 2.05) is 26.0 Å². The molecule has 138 valence electrons. The summed E-state index contributed by atoms with van der Waals surface area (Å²) >= 11 is 11.8. The highest BCUT2D eigenvalue weighted by Crippen LogP contribution is 2.27. The van der Waals surface area contributed by atoms with Crippen LogP contribution in [0.4, 0.5) is 5.69 Å². The Labute approximate surface area is 162 Å². The lowest BCUT2D eigenvalue weighted by atomic mass is 10.1. The van der Waals surface area contributed by atoms with Crippen molar-refractivity contribution >= 4 is 40.7 Å². The molecule has 0 bridgehead atoms. The average Bonchev–Trinajstić information content (AvgIpc) is 2.61. The second kappa shape index (κ2) is 9.46. The predicted octanol–water partition coefficient (Wildman–Crippen LogP) is 4.28. The van der Waals surface area contributed by atoms with E-state index in [-0.39, 0.29) is 24.3 Å². The Kier molecular flexibility index (Phi) is 7.30. The first kappa shape index (κ1) is 20.1. The van der Waals surface area contributed by atoms with Crippen LogP contribution in [-0.2, 0) is 16.1 Å². The Hall–Kier alpha value is -2.24. The van der Waals surface area contributed by atoms with E-state index in [0.717, 1.165) is 11.3 Å². The molecule has 0 atom stereocenters. The van der Waals surface area contributed by atoms with E-state index in [4.69, 9.17) is 27.9 Å². The second-order valence-electron chi connectivity index (χ2n) is 5.98. The third kappa shape index (κ3) is 6.24. The molecule has 0 aromatic heterocycles. The van der Waals surface area contributed by atoms with Crippen molar-refractivity contribution < 1.29 is 14.3 Å². The van der Waals surface area contributed by atoms with Gasteiger partial charge in [0, 0.05) is 29.2 Å². The van der Waals surface area contributed by atoms with Gasteiger partial charge in [-0.1, -0.05) is 49.2 Å². The van der Waals surface area contributed by atoms with Crippen LogP contribution >= 0.6 is 23.2 Å². The first-order valence-corrected chi connectivity index (χ1v) is 8.85. The summed E-state index contributed by atoms with van der Waals surface area (Å²) in [6.07, 6.45) is 0. The topological polar surface area (TPSA) is 67.4 Å². The van der Waals surface area contributed by atoms with Gasteiger partial charge in [-0.3, -0.25) is 9.59 Å². The molecule has 2 amide bonds. The largest absolute Gasteiger partial charge is 0.482 e. The molecular weight excluding hydrogens is 375 g/mol. The molecule has 5 nitrogen and oxygen atoms in total. The van der Waals surface area contributed by atoms with Crippen LogP contribution in [-0.4, -0.2) is 18.4 Å². The van der Waals surface area contributed by atoms with Gasteiger partial charge in [-0.2, -0.15) is 0 Å². The van der Waals surface area contributed by atoms with Gasteiger partial charge < -0.3 is 15.4 Å². The van der Waals surface area contributed by atoms with E-state index < -0.39 is 0 Å². The summed E-state index contributed by atoms with van der Waals surface area (Å²) < 4.78 is 5.38. The van der Waals surface area contributed by atoms with E-state index >= 15 is 0 Å². The maximum atomic E-state index is 11.9. The van der Waals surface area contributed by atoms with Crippen LogP contribution in [0.5, 0.6) is 5.75 Å². The van der Waals surface area contributed by atoms with Crippen LogP contribution in [0.25, 0.3) is 0 Å². The van der Waals surface area contributed by atoms with Gasteiger partial charge in [0.05, 0.1) is 5.02 Å². The van der Waals surface area contributed by atoms with Gasteiger partial charge in [-0.15, -0.1) is 0 Å². The van der Waals surface area contributed by atoms with Crippen LogP contribution in [0.3, 0.4) is 0 Å². The highest BCUT2D eigenvalue weighted by atomic mass is 35.5. The molecule has 0 aliphatic carbocycles. The third-order valence-corrected chi connectivity index (χ3v) is 4.03.